The third kappa shape index (κ3) is 2.12. The van der Waals surface area contributed by atoms with Crippen molar-refractivity contribution < 1.29 is 24.1 Å². The van der Waals surface area contributed by atoms with Gasteiger partial charge >= 0.3 is 0 Å². The number of anilines is 1. The van der Waals surface area contributed by atoms with Crippen molar-refractivity contribution in [2.45, 2.75) is 18.3 Å². The lowest BCUT2D eigenvalue weighted by Gasteiger charge is -2.26. The van der Waals surface area contributed by atoms with Crippen LogP contribution < -0.4 is 4.90 Å². The van der Waals surface area contributed by atoms with E-state index in [9.17, 15) is 19.7 Å². The first-order valence-electron chi connectivity index (χ1n) is 9.63. The minimum atomic E-state index is -0.616. The van der Waals surface area contributed by atoms with Crippen LogP contribution in [-0.4, -0.2) is 40.8 Å². The van der Waals surface area contributed by atoms with Gasteiger partial charge in [0, 0.05) is 17.7 Å². The second-order valence-electron chi connectivity index (χ2n) is 7.84. The summed E-state index contributed by atoms with van der Waals surface area (Å²) in [5.74, 6) is -2.15. The molecular formula is C21H15N3O6. The molecular weight excluding hydrogens is 390 g/mol. The van der Waals surface area contributed by atoms with Crippen LogP contribution in [0.4, 0.5) is 11.4 Å². The molecule has 0 aliphatic carbocycles. The molecule has 4 heterocycles. The summed E-state index contributed by atoms with van der Waals surface area (Å²) in [6.45, 7) is 0. The minimum Gasteiger partial charge on any atom is -0.389 e. The summed E-state index contributed by atoms with van der Waals surface area (Å²) in [5.41, 5.74) is 1.57. The lowest BCUT2D eigenvalue weighted by molar-refractivity contribution is -0.384. The number of oxime groups is 1. The van der Waals surface area contributed by atoms with E-state index >= 15 is 0 Å². The number of hydrogen-bond acceptors (Lipinski definition) is 7. The first-order valence-corrected chi connectivity index (χ1v) is 9.63. The highest BCUT2D eigenvalue weighted by atomic mass is 16.7. The van der Waals surface area contributed by atoms with E-state index in [1.54, 1.807) is 36.4 Å². The molecule has 2 bridgehead atoms. The Morgan fingerprint density at radius 3 is 2.37 bits per heavy atom. The highest BCUT2D eigenvalue weighted by molar-refractivity contribution is 6.23. The van der Waals surface area contributed by atoms with Crippen LogP contribution in [0.1, 0.15) is 5.56 Å². The van der Waals surface area contributed by atoms with Gasteiger partial charge in [0.25, 0.3) is 5.69 Å². The molecule has 0 spiro atoms. The molecule has 4 aliphatic heterocycles. The summed E-state index contributed by atoms with van der Waals surface area (Å²) < 4.78 is 6.05. The van der Waals surface area contributed by atoms with Crippen LogP contribution in [0.5, 0.6) is 0 Å². The van der Waals surface area contributed by atoms with Gasteiger partial charge in [0.05, 0.1) is 40.2 Å². The van der Waals surface area contributed by atoms with Crippen LogP contribution in [0.3, 0.4) is 0 Å². The van der Waals surface area contributed by atoms with Gasteiger partial charge in [0.1, 0.15) is 6.10 Å². The fourth-order valence-corrected chi connectivity index (χ4v) is 5.21. The molecule has 6 rings (SSSR count). The van der Waals surface area contributed by atoms with Crippen molar-refractivity contribution in [2.24, 2.45) is 22.9 Å². The van der Waals surface area contributed by atoms with Gasteiger partial charge in [0.15, 0.2) is 6.10 Å². The Kier molecular flexibility index (Phi) is 3.43. The SMILES string of the molecule is O=C1[C@@H]2[C@@H]3O[C@@H]([C@H]4C(c5cccc([N+](=O)[O-])c5)=NO[C@@H]34)[C@@H]2C(=O)N1c1ccccc1. The predicted molar refractivity (Wildman–Crippen MR) is 103 cm³/mol. The molecule has 0 radical (unpaired) electrons. The fourth-order valence-electron chi connectivity index (χ4n) is 5.21. The molecule has 3 fully saturated rings. The summed E-state index contributed by atoms with van der Waals surface area (Å²) in [6.07, 6.45) is -1.62. The number of para-hydroxylation sites is 1. The first-order chi connectivity index (χ1) is 14.6. The van der Waals surface area contributed by atoms with Crippen LogP contribution >= 0.6 is 0 Å². The Hall–Kier alpha value is -3.59. The number of non-ortho nitro benzene ring substituents is 1. The summed E-state index contributed by atoms with van der Waals surface area (Å²) in [4.78, 5) is 43.9. The van der Waals surface area contributed by atoms with Crippen LogP contribution in [0.15, 0.2) is 59.8 Å². The molecule has 6 atom stereocenters. The van der Waals surface area contributed by atoms with Gasteiger partial charge in [-0.25, -0.2) is 4.90 Å². The average molecular weight is 405 g/mol. The lowest BCUT2D eigenvalue weighted by Crippen LogP contribution is -2.45. The average Bonchev–Trinajstić information content (AvgIpc) is 3.49. The van der Waals surface area contributed by atoms with E-state index in [1.165, 1.54) is 17.0 Å². The van der Waals surface area contributed by atoms with Gasteiger partial charge in [-0.3, -0.25) is 19.7 Å². The number of nitro groups is 1. The minimum absolute atomic E-state index is 0.0528. The molecule has 9 nitrogen and oxygen atoms in total. The van der Waals surface area contributed by atoms with Crippen LogP contribution in [0.25, 0.3) is 0 Å². The molecule has 3 saturated heterocycles. The van der Waals surface area contributed by atoms with E-state index in [4.69, 9.17) is 9.57 Å². The molecule has 0 N–H and O–H groups in total. The van der Waals surface area contributed by atoms with Gasteiger partial charge in [-0.05, 0) is 12.1 Å². The number of nitrogens with zero attached hydrogens (tertiary/aromatic N) is 3. The molecule has 0 saturated carbocycles. The van der Waals surface area contributed by atoms with E-state index in [-0.39, 0.29) is 23.4 Å². The number of rotatable bonds is 3. The Morgan fingerprint density at radius 2 is 1.63 bits per heavy atom. The molecule has 2 aromatic rings. The number of fused-ring (bicyclic) bond motifs is 8. The van der Waals surface area contributed by atoms with Gasteiger partial charge in [-0.2, -0.15) is 0 Å². The third-order valence-electron chi connectivity index (χ3n) is 6.41. The van der Waals surface area contributed by atoms with E-state index < -0.39 is 35.1 Å². The van der Waals surface area contributed by atoms with Gasteiger partial charge < -0.3 is 9.57 Å². The van der Waals surface area contributed by atoms with Crippen molar-refractivity contribution in [1.29, 1.82) is 0 Å². The van der Waals surface area contributed by atoms with E-state index in [0.717, 1.165) is 0 Å². The predicted octanol–water partition coefficient (Wildman–Crippen LogP) is 1.90. The van der Waals surface area contributed by atoms with E-state index in [1.807, 2.05) is 6.07 Å². The molecule has 9 heteroatoms. The maximum atomic E-state index is 13.2. The number of carbonyl (C=O) groups is 2. The normalized spacial score (nSPS) is 33.3. The summed E-state index contributed by atoms with van der Waals surface area (Å²) >= 11 is 0. The van der Waals surface area contributed by atoms with Crippen LogP contribution in [0.2, 0.25) is 0 Å². The lowest BCUT2D eigenvalue weighted by atomic mass is 9.71. The van der Waals surface area contributed by atoms with E-state index in [0.29, 0.717) is 17.0 Å². The first kappa shape index (κ1) is 17.3. The fraction of sp³-hybridized carbons (Fsp3) is 0.286. The Balaban J connectivity index is 1.35. The number of carbonyl (C=O) groups excluding carboxylic acids is 2. The zero-order valence-corrected chi connectivity index (χ0v) is 15.5. The van der Waals surface area contributed by atoms with Gasteiger partial charge in [0.2, 0.25) is 11.8 Å². The smallest absolute Gasteiger partial charge is 0.270 e. The number of hydrogen-bond donors (Lipinski definition) is 0. The molecule has 0 unspecified atom stereocenters. The Morgan fingerprint density at radius 1 is 0.900 bits per heavy atom. The highest BCUT2D eigenvalue weighted by Crippen LogP contribution is 2.55. The molecule has 0 aromatic heterocycles. The number of ether oxygens (including phenoxy) is 1. The topological polar surface area (TPSA) is 111 Å². The molecule has 2 aromatic carbocycles. The highest BCUT2D eigenvalue weighted by Gasteiger charge is 2.72. The Labute approximate surface area is 170 Å². The van der Waals surface area contributed by atoms with Crippen molar-refractivity contribution >= 4 is 28.9 Å². The van der Waals surface area contributed by atoms with Gasteiger partial charge in [-0.1, -0.05) is 35.5 Å². The second-order valence-corrected chi connectivity index (χ2v) is 7.84. The van der Waals surface area contributed by atoms with Crippen LogP contribution in [-0.2, 0) is 19.2 Å². The van der Waals surface area contributed by atoms with Crippen molar-refractivity contribution in [2.75, 3.05) is 4.90 Å². The van der Waals surface area contributed by atoms with E-state index in [2.05, 4.69) is 5.16 Å². The Bertz CT molecular complexity index is 1130. The quantitative estimate of drug-likeness (QED) is 0.438. The molecule has 30 heavy (non-hydrogen) atoms. The van der Waals surface area contributed by atoms with Crippen molar-refractivity contribution in [3.05, 3.63) is 70.3 Å². The zero-order valence-electron chi connectivity index (χ0n) is 15.5. The standard InChI is InChI=1S/C21H15N3O6/c25-20-13-14(21(26)23(20)11-6-2-1-3-7-11)18-19-15(17(13)29-18)16(22-30-19)10-5-4-8-12(9-10)24(27)28/h1-9,13-15,17-19H/t13-,14+,15-,17-,18+,19-/m1/s1. The van der Waals surface area contributed by atoms with Crippen molar-refractivity contribution in [1.82, 2.24) is 0 Å². The second kappa shape index (κ2) is 5.96. The van der Waals surface area contributed by atoms with Gasteiger partial charge in [-0.15, -0.1) is 0 Å². The maximum Gasteiger partial charge on any atom is 0.270 e. The maximum absolute atomic E-state index is 13.2. The third-order valence-corrected chi connectivity index (χ3v) is 6.41. The zero-order chi connectivity index (χ0) is 20.6. The number of benzene rings is 2. The molecule has 2 amide bonds. The van der Waals surface area contributed by atoms with Crippen molar-refractivity contribution in [3.63, 3.8) is 0 Å². The van der Waals surface area contributed by atoms with Crippen molar-refractivity contribution in [3.8, 4) is 0 Å². The summed E-state index contributed by atoms with van der Waals surface area (Å²) in [5, 5.41) is 15.3. The number of imide groups is 1. The molecule has 4 aliphatic rings. The van der Waals surface area contributed by atoms with Crippen LogP contribution in [0, 0.1) is 27.9 Å². The number of nitro benzene ring substituents is 1. The number of amides is 2. The summed E-state index contributed by atoms with van der Waals surface area (Å²) in [7, 11) is 0. The monoisotopic (exact) mass is 405 g/mol. The largest absolute Gasteiger partial charge is 0.389 e. The molecule has 150 valence electrons. The summed E-state index contributed by atoms with van der Waals surface area (Å²) in [6, 6.07) is 15.0.